The average Bonchev–Trinajstić information content (AvgIpc) is 2.88. The SMILES string of the molecule is CCCO.Cc1cncc(-c2cnc3[nH]nc(N)c3c2)c1. The van der Waals surface area contributed by atoms with Crippen LogP contribution in [0.5, 0.6) is 0 Å². The van der Waals surface area contributed by atoms with Crippen LogP contribution in [-0.4, -0.2) is 31.9 Å². The lowest BCUT2D eigenvalue weighted by molar-refractivity contribution is 0.295. The molecule has 0 saturated carbocycles. The zero-order valence-corrected chi connectivity index (χ0v) is 12.2. The number of aliphatic hydroxyl groups is 1. The van der Waals surface area contributed by atoms with Gasteiger partial charge in [0.1, 0.15) is 0 Å². The van der Waals surface area contributed by atoms with Gasteiger partial charge >= 0.3 is 0 Å². The number of nitrogens with one attached hydrogen (secondary N) is 1. The summed E-state index contributed by atoms with van der Waals surface area (Å²) in [6.45, 7) is 4.26. The molecule has 0 unspecified atom stereocenters. The molecule has 0 saturated heterocycles. The lowest BCUT2D eigenvalue weighted by atomic mass is 10.1. The molecular weight excluding hydrogens is 266 g/mol. The van der Waals surface area contributed by atoms with Crippen LogP contribution in [0.15, 0.2) is 30.7 Å². The maximum absolute atomic E-state index is 7.88. The summed E-state index contributed by atoms with van der Waals surface area (Å²) in [7, 11) is 0. The van der Waals surface area contributed by atoms with Crippen LogP contribution >= 0.6 is 0 Å². The zero-order valence-electron chi connectivity index (χ0n) is 12.2. The highest BCUT2D eigenvalue weighted by Crippen LogP contribution is 2.24. The van der Waals surface area contributed by atoms with Gasteiger partial charge in [-0.3, -0.25) is 10.1 Å². The van der Waals surface area contributed by atoms with Crippen molar-refractivity contribution in [3.63, 3.8) is 0 Å². The second-order valence-corrected chi connectivity index (χ2v) is 4.70. The van der Waals surface area contributed by atoms with Crippen molar-refractivity contribution in [2.75, 3.05) is 12.3 Å². The number of fused-ring (bicyclic) bond motifs is 1. The van der Waals surface area contributed by atoms with E-state index in [9.17, 15) is 0 Å². The summed E-state index contributed by atoms with van der Waals surface area (Å²) in [6.07, 6.45) is 6.30. The molecule has 0 aliphatic heterocycles. The fourth-order valence-corrected chi connectivity index (χ4v) is 1.79. The van der Waals surface area contributed by atoms with E-state index < -0.39 is 0 Å². The Kier molecular flexibility index (Phi) is 4.84. The van der Waals surface area contributed by atoms with Crippen LogP contribution in [0.4, 0.5) is 5.82 Å². The number of anilines is 1. The Morgan fingerprint density at radius 2 is 1.90 bits per heavy atom. The number of nitrogens with zero attached hydrogens (tertiary/aromatic N) is 3. The summed E-state index contributed by atoms with van der Waals surface area (Å²) >= 11 is 0. The minimum Gasteiger partial charge on any atom is -0.396 e. The minimum atomic E-state index is 0.319. The maximum atomic E-state index is 7.88. The van der Waals surface area contributed by atoms with Crippen molar-refractivity contribution >= 4 is 16.9 Å². The Morgan fingerprint density at radius 3 is 2.57 bits per heavy atom. The fourth-order valence-electron chi connectivity index (χ4n) is 1.79. The Hall–Kier alpha value is -2.47. The first-order valence-corrected chi connectivity index (χ1v) is 6.78. The second-order valence-electron chi connectivity index (χ2n) is 4.70. The first-order chi connectivity index (χ1) is 10.2. The molecule has 0 radical (unpaired) electrons. The van der Waals surface area contributed by atoms with Crippen LogP contribution in [0.25, 0.3) is 22.2 Å². The summed E-state index contributed by atoms with van der Waals surface area (Å²) in [5.74, 6) is 0.468. The van der Waals surface area contributed by atoms with Gasteiger partial charge in [-0.2, -0.15) is 5.10 Å². The fraction of sp³-hybridized carbons (Fsp3) is 0.267. The Morgan fingerprint density at radius 1 is 1.19 bits per heavy atom. The highest BCUT2D eigenvalue weighted by atomic mass is 16.2. The van der Waals surface area contributed by atoms with Gasteiger partial charge in [0.2, 0.25) is 0 Å². The van der Waals surface area contributed by atoms with Gasteiger partial charge in [0.05, 0.1) is 5.39 Å². The van der Waals surface area contributed by atoms with E-state index in [4.69, 9.17) is 10.8 Å². The molecule has 3 aromatic heterocycles. The van der Waals surface area contributed by atoms with Crippen molar-refractivity contribution in [1.29, 1.82) is 0 Å². The van der Waals surface area contributed by atoms with Crippen LogP contribution in [0.1, 0.15) is 18.9 Å². The van der Waals surface area contributed by atoms with Gasteiger partial charge in [0, 0.05) is 36.3 Å². The van der Waals surface area contributed by atoms with Gasteiger partial charge in [0.15, 0.2) is 11.5 Å². The van der Waals surface area contributed by atoms with E-state index in [1.54, 1.807) is 6.20 Å². The molecule has 110 valence electrons. The number of pyridine rings is 2. The molecule has 3 rings (SSSR count). The standard InChI is InChI=1S/C12H11N5.C3H8O/c1-7-2-8(5-14-4-7)9-3-10-11(13)16-17-12(10)15-6-9;1-2-3-4/h2-6H,1H3,(H3,13,15,16,17);4H,2-3H2,1H3. The number of aliphatic hydroxyl groups excluding tert-OH is 1. The predicted molar refractivity (Wildman–Crippen MR) is 83.6 cm³/mol. The van der Waals surface area contributed by atoms with Crippen LogP contribution in [0.2, 0.25) is 0 Å². The topological polar surface area (TPSA) is 101 Å². The molecule has 0 aliphatic carbocycles. The monoisotopic (exact) mass is 285 g/mol. The van der Waals surface area contributed by atoms with Crippen molar-refractivity contribution in [2.24, 2.45) is 0 Å². The van der Waals surface area contributed by atoms with E-state index in [0.717, 1.165) is 28.5 Å². The molecule has 0 amide bonds. The number of H-pyrrole nitrogens is 1. The third-order valence-corrected chi connectivity index (χ3v) is 2.88. The normalized spacial score (nSPS) is 10.2. The molecule has 0 fully saturated rings. The molecular formula is C15H19N5O. The Bertz CT molecular complexity index is 721. The molecule has 0 atom stereocenters. The summed E-state index contributed by atoms with van der Waals surface area (Å²) in [5, 5.41) is 15.4. The third-order valence-electron chi connectivity index (χ3n) is 2.88. The van der Waals surface area contributed by atoms with Gasteiger partial charge in [-0.1, -0.05) is 6.92 Å². The highest BCUT2D eigenvalue weighted by molar-refractivity contribution is 5.89. The summed E-state index contributed by atoms with van der Waals surface area (Å²) < 4.78 is 0. The minimum absolute atomic E-state index is 0.319. The molecule has 3 aromatic rings. The van der Waals surface area contributed by atoms with Crippen molar-refractivity contribution in [2.45, 2.75) is 20.3 Å². The molecule has 6 heteroatoms. The lowest BCUT2D eigenvalue weighted by Crippen LogP contribution is -1.86. The van der Waals surface area contributed by atoms with Gasteiger partial charge in [0.25, 0.3) is 0 Å². The Balaban J connectivity index is 0.000000361. The van der Waals surface area contributed by atoms with Crippen molar-refractivity contribution in [1.82, 2.24) is 20.2 Å². The van der Waals surface area contributed by atoms with E-state index in [1.165, 1.54) is 0 Å². The molecule has 0 spiro atoms. The third kappa shape index (κ3) is 3.55. The van der Waals surface area contributed by atoms with E-state index >= 15 is 0 Å². The molecule has 4 N–H and O–H groups in total. The van der Waals surface area contributed by atoms with Crippen LogP contribution < -0.4 is 5.73 Å². The molecule has 6 nitrogen and oxygen atoms in total. The van der Waals surface area contributed by atoms with E-state index in [0.29, 0.717) is 18.1 Å². The number of rotatable bonds is 2. The summed E-state index contributed by atoms with van der Waals surface area (Å²) in [5.41, 5.74) is 9.59. The van der Waals surface area contributed by atoms with Crippen LogP contribution in [-0.2, 0) is 0 Å². The molecule has 0 aliphatic rings. The van der Waals surface area contributed by atoms with Crippen molar-refractivity contribution in [3.05, 3.63) is 36.3 Å². The number of hydrogen-bond donors (Lipinski definition) is 3. The molecule has 0 aromatic carbocycles. The van der Waals surface area contributed by atoms with Crippen LogP contribution in [0.3, 0.4) is 0 Å². The van der Waals surface area contributed by atoms with Crippen molar-refractivity contribution < 1.29 is 5.11 Å². The van der Waals surface area contributed by atoms with E-state index in [2.05, 4.69) is 26.2 Å². The van der Waals surface area contributed by atoms with Crippen LogP contribution in [0, 0.1) is 6.92 Å². The maximum Gasteiger partial charge on any atom is 0.157 e. The largest absolute Gasteiger partial charge is 0.396 e. The molecule has 3 heterocycles. The molecule has 0 bridgehead atoms. The Labute approximate surface area is 123 Å². The summed E-state index contributed by atoms with van der Waals surface area (Å²) in [6, 6.07) is 4.03. The smallest absolute Gasteiger partial charge is 0.157 e. The quantitative estimate of drug-likeness (QED) is 0.670. The predicted octanol–water partition coefficient (Wildman–Crippen LogP) is 2.30. The summed E-state index contributed by atoms with van der Waals surface area (Å²) in [4.78, 5) is 8.45. The van der Waals surface area contributed by atoms with Gasteiger partial charge in [-0.05, 0) is 31.0 Å². The van der Waals surface area contributed by atoms with E-state index in [-0.39, 0.29) is 0 Å². The number of nitrogen functional groups attached to an aromatic ring is 1. The van der Waals surface area contributed by atoms with Gasteiger partial charge in [-0.15, -0.1) is 0 Å². The van der Waals surface area contributed by atoms with Gasteiger partial charge in [-0.25, -0.2) is 4.98 Å². The first kappa shape index (κ1) is 14.9. The number of hydrogen-bond acceptors (Lipinski definition) is 5. The number of aromatic nitrogens is 4. The number of aromatic amines is 1. The number of aryl methyl sites for hydroxylation is 1. The van der Waals surface area contributed by atoms with E-state index in [1.807, 2.05) is 32.3 Å². The lowest BCUT2D eigenvalue weighted by Gasteiger charge is -2.01. The number of nitrogens with two attached hydrogens (primary N) is 1. The van der Waals surface area contributed by atoms with Gasteiger partial charge < -0.3 is 10.8 Å². The average molecular weight is 285 g/mol. The zero-order chi connectivity index (χ0) is 15.2. The molecule has 21 heavy (non-hydrogen) atoms. The second kappa shape index (κ2) is 6.81. The highest BCUT2D eigenvalue weighted by Gasteiger charge is 2.06. The van der Waals surface area contributed by atoms with Crippen molar-refractivity contribution in [3.8, 4) is 11.1 Å². The first-order valence-electron chi connectivity index (χ1n) is 6.78.